The summed E-state index contributed by atoms with van der Waals surface area (Å²) in [5.74, 6) is 0. The summed E-state index contributed by atoms with van der Waals surface area (Å²) in [7, 11) is 1.71. The number of rotatable bonds is 9. The molecule has 98 valence electrons. The van der Waals surface area contributed by atoms with E-state index in [-0.39, 0.29) is 6.61 Å². The van der Waals surface area contributed by atoms with Gasteiger partial charge in [0.1, 0.15) is 0 Å². The highest BCUT2D eigenvalue weighted by molar-refractivity contribution is 4.84. The molecule has 0 rings (SSSR count). The van der Waals surface area contributed by atoms with Crippen molar-refractivity contribution in [2.75, 3.05) is 33.4 Å². The Kier molecular flexibility index (Phi) is 7.93. The summed E-state index contributed by atoms with van der Waals surface area (Å²) < 4.78 is 5.11. The molecule has 0 radical (unpaired) electrons. The zero-order valence-corrected chi connectivity index (χ0v) is 11.2. The second-order valence-electron chi connectivity index (χ2n) is 4.75. The lowest BCUT2D eigenvalue weighted by Gasteiger charge is -2.36. The Balaban J connectivity index is 4.40. The van der Waals surface area contributed by atoms with Crippen LogP contribution in [0.2, 0.25) is 0 Å². The van der Waals surface area contributed by atoms with Crippen LogP contribution in [0.4, 0.5) is 0 Å². The molecule has 0 heterocycles. The summed E-state index contributed by atoms with van der Waals surface area (Å²) in [5.41, 5.74) is 5.47. The van der Waals surface area contributed by atoms with Gasteiger partial charge in [-0.3, -0.25) is 4.90 Å². The lowest BCUT2D eigenvalue weighted by Crippen LogP contribution is -2.53. The summed E-state index contributed by atoms with van der Waals surface area (Å²) in [6, 6.07) is 0.518. The largest absolute Gasteiger partial charge is 0.394 e. The first kappa shape index (κ1) is 15.8. The lowest BCUT2D eigenvalue weighted by atomic mass is 10.0. The van der Waals surface area contributed by atoms with Crippen molar-refractivity contribution >= 4 is 0 Å². The van der Waals surface area contributed by atoms with Crippen LogP contribution < -0.4 is 5.73 Å². The molecule has 16 heavy (non-hydrogen) atoms. The van der Waals surface area contributed by atoms with Gasteiger partial charge < -0.3 is 15.6 Å². The molecule has 0 aromatic rings. The van der Waals surface area contributed by atoms with Crippen molar-refractivity contribution < 1.29 is 9.84 Å². The van der Waals surface area contributed by atoms with Crippen LogP contribution in [0.15, 0.2) is 0 Å². The molecule has 3 N–H and O–H groups in total. The highest BCUT2D eigenvalue weighted by Crippen LogP contribution is 2.12. The minimum atomic E-state index is -0.531. The number of aliphatic hydroxyl groups excluding tert-OH is 1. The Morgan fingerprint density at radius 3 is 2.31 bits per heavy atom. The topological polar surface area (TPSA) is 58.7 Å². The van der Waals surface area contributed by atoms with Gasteiger partial charge in [0.2, 0.25) is 0 Å². The van der Waals surface area contributed by atoms with Crippen molar-refractivity contribution in [3.05, 3.63) is 0 Å². The first-order chi connectivity index (χ1) is 7.50. The van der Waals surface area contributed by atoms with Crippen LogP contribution >= 0.6 is 0 Å². The Bertz CT molecular complexity index is 170. The Labute approximate surface area is 99.8 Å². The predicted octanol–water partition coefficient (Wildman–Crippen LogP) is 0.833. The monoisotopic (exact) mass is 232 g/mol. The summed E-state index contributed by atoms with van der Waals surface area (Å²) >= 11 is 0. The average molecular weight is 232 g/mol. The molecule has 1 unspecified atom stereocenters. The molecule has 0 aromatic heterocycles. The Morgan fingerprint density at radius 1 is 1.38 bits per heavy atom. The molecular formula is C12H28N2O2. The maximum atomic E-state index is 9.21. The van der Waals surface area contributed by atoms with Crippen LogP contribution in [0, 0.1) is 0 Å². The van der Waals surface area contributed by atoms with E-state index in [1.165, 1.54) is 0 Å². The Hall–Kier alpha value is -0.160. The third-order valence-electron chi connectivity index (χ3n) is 2.97. The summed E-state index contributed by atoms with van der Waals surface area (Å²) in [5, 5.41) is 9.21. The van der Waals surface area contributed by atoms with Crippen molar-refractivity contribution in [2.45, 2.75) is 45.2 Å². The minimum absolute atomic E-state index is 0.0105. The van der Waals surface area contributed by atoms with E-state index in [1.807, 2.05) is 6.92 Å². The van der Waals surface area contributed by atoms with Crippen LogP contribution in [0.3, 0.4) is 0 Å². The van der Waals surface area contributed by atoms with E-state index in [0.29, 0.717) is 19.2 Å². The van der Waals surface area contributed by atoms with E-state index in [4.69, 9.17) is 10.5 Å². The maximum Gasteiger partial charge on any atom is 0.0621 e. The molecule has 4 nitrogen and oxygen atoms in total. The van der Waals surface area contributed by atoms with E-state index in [0.717, 1.165) is 19.4 Å². The fraction of sp³-hybridized carbons (Fsp3) is 1.00. The molecule has 4 heteroatoms. The van der Waals surface area contributed by atoms with Gasteiger partial charge >= 0.3 is 0 Å². The first-order valence-electron chi connectivity index (χ1n) is 6.13. The molecule has 0 fully saturated rings. The van der Waals surface area contributed by atoms with Crippen LogP contribution in [-0.2, 0) is 4.74 Å². The summed E-state index contributed by atoms with van der Waals surface area (Å²) in [4.78, 5) is 2.32. The highest BCUT2D eigenvalue weighted by Gasteiger charge is 2.24. The number of hydrogen-bond acceptors (Lipinski definition) is 4. The van der Waals surface area contributed by atoms with Crippen molar-refractivity contribution in [1.29, 1.82) is 0 Å². The second kappa shape index (κ2) is 8.01. The number of hydrogen-bond donors (Lipinski definition) is 2. The fourth-order valence-electron chi connectivity index (χ4n) is 1.92. The molecule has 0 amide bonds. The lowest BCUT2D eigenvalue weighted by molar-refractivity contribution is 0.0802. The van der Waals surface area contributed by atoms with Crippen molar-refractivity contribution in [3.63, 3.8) is 0 Å². The number of aliphatic hydroxyl groups is 1. The molecule has 0 aliphatic rings. The molecule has 0 aliphatic heterocycles. The Morgan fingerprint density at radius 2 is 1.94 bits per heavy atom. The minimum Gasteiger partial charge on any atom is -0.394 e. The van der Waals surface area contributed by atoms with Gasteiger partial charge in [0.25, 0.3) is 0 Å². The van der Waals surface area contributed by atoms with Gasteiger partial charge in [0.15, 0.2) is 0 Å². The molecular weight excluding hydrogens is 204 g/mol. The molecule has 0 saturated heterocycles. The van der Waals surface area contributed by atoms with Crippen molar-refractivity contribution in [3.8, 4) is 0 Å². The highest BCUT2D eigenvalue weighted by atomic mass is 16.5. The number of methoxy groups -OCH3 is 1. The van der Waals surface area contributed by atoms with Crippen molar-refractivity contribution in [2.24, 2.45) is 5.73 Å². The smallest absolute Gasteiger partial charge is 0.0621 e. The van der Waals surface area contributed by atoms with Gasteiger partial charge in [-0.2, -0.15) is 0 Å². The number of nitrogens with two attached hydrogens (primary N) is 1. The van der Waals surface area contributed by atoms with E-state index in [9.17, 15) is 5.11 Å². The summed E-state index contributed by atoms with van der Waals surface area (Å²) in [6.07, 6.45) is 2.20. The van der Waals surface area contributed by atoms with Crippen LogP contribution in [0.25, 0.3) is 0 Å². The first-order valence-corrected chi connectivity index (χ1v) is 6.13. The third-order valence-corrected chi connectivity index (χ3v) is 2.97. The zero-order chi connectivity index (χ0) is 12.6. The van der Waals surface area contributed by atoms with Gasteiger partial charge in [-0.1, -0.05) is 13.8 Å². The quantitative estimate of drug-likeness (QED) is 0.618. The van der Waals surface area contributed by atoms with E-state index in [1.54, 1.807) is 7.11 Å². The average Bonchev–Trinajstić information content (AvgIpc) is 2.27. The van der Waals surface area contributed by atoms with Gasteiger partial charge in [-0.25, -0.2) is 0 Å². The molecule has 0 spiro atoms. The van der Waals surface area contributed by atoms with Crippen LogP contribution in [0.1, 0.15) is 33.6 Å². The normalized spacial score (nSPS) is 15.8. The molecule has 0 aliphatic carbocycles. The standard InChI is InChI=1S/C12H28N2O2/c1-5-11(6-2)14(7-8-16-4)9-12(3,13)10-15/h11,15H,5-10,13H2,1-4H3. The molecule has 1 atom stereocenters. The van der Waals surface area contributed by atoms with E-state index < -0.39 is 5.54 Å². The number of ether oxygens (including phenoxy) is 1. The van der Waals surface area contributed by atoms with Crippen LogP contribution in [0.5, 0.6) is 0 Å². The summed E-state index contributed by atoms with van der Waals surface area (Å²) in [6.45, 7) is 8.54. The van der Waals surface area contributed by atoms with Gasteiger partial charge in [-0.05, 0) is 19.8 Å². The molecule has 0 saturated carbocycles. The maximum absolute atomic E-state index is 9.21. The second-order valence-corrected chi connectivity index (χ2v) is 4.75. The van der Waals surface area contributed by atoms with E-state index in [2.05, 4.69) is 18.7 Å². The SMILES string of the molecule is CCC(CC)N(CCOC)CC(C)(N)CO. The van der Waals surface area contributed by atoms with Crippen molar-refractivity contribution in [1.82, 2.24) is 4.90 Å². The van der Waals surface area contributed by atoms with Gasteiger partial charge in [-0.15, -0.1) is 0 Å². The van der Waals surface area contributed by atoms with Gasteiger partial charge in [0, 0.05) is 31.8 Å². The molecule has 0 aromatic carbocycles. The van der Waals surface area contributed by atoms with Crippen LogP contribution in [-0.4, -0.2) is 55.0 Å². The molecule has 0 bridgehead atoms. The third kappa shape index (κ3) is 5.80. The predicted molar refractivity (Wildman–Crippen MR) is 67.5 cm³/mol. The fourth-order valence-corrected chi connectivity index (χ4v) is 1.92. The van der Waals surface area contributed by atoms with E-state index >= 15 is 0 Å². The number of nitrogens with zero attached hydrogens (tertiary/aromatic N) is 1. The zero-order valence-electron chi connectivity index (χ0n) is 11.2. The van der Waals surface area contributed by atoms with Gasteiger partial charge in [0.05, 0.1) is 13.2 Å².